The quantitative estimate of drug-likeness (QED) is 0.536. The fourth-order valence-corrected chi connectivity index (χ4v) is 3.96. The van der Waals surface area contributed by atoms with Crippen molar-refractivity contribution in [3.63, 3.8) is 0 Å². The number of aliphatic hydroxyl groups excluding tert-OH is 1. The second-order valence-electron chi connectivity index (χ2n) is 7.73. The van der Waals surface area contributed by atoms with Crippen LogP contribution in [0.15, 0.2) is 65.9 Å². The Hall–Kier alpha value is -3.58. The zero-order valence-corrected chi connectivity index (χ0v) is 19.2. The van der Waals surface area contributed by atoms with Gasteiger partial charge in [0.25, 0.3) is 5.91 Å². The largest absolute Gasteiger partial charge is 0.504 e. The normalized spacial score (nSPS) is 16.3. The molecule has 0 aliphatic carbocycles. The van der Waals surface area contributed by atoms with Gasteiger partial charge < -0.3 is 24.7 Å². The van der Waals surface area contributed by atoms with E-state index >= 15 is 0 Å². The highest BCUT2D eigenvalue weighted by Gasteiger charge is 2.43. The van der Waals surface area contributed by atoms with Crippen LogP contribution >= 0.6 is 0 Å². The first-order valence-electron chi connectivity index (χ1n) is 11.0. The average Bonchev–Trinajstić information content (AvgIpc) is 3.09. The molecule has 0 radical (unpaired) electrons. The molecule has 0 unspecified atom stereocenters. The molecule has 0 fully saturated rings. The molecule has 2 N–H and O–H groups in total. The molecule has 174 valence electrons. The second-order valence-corrected chi connectivity index (χ2v) is 7.73. The van der Waals surface area contributed by atoms with Crippen molar-refractivity contribution in [3.8, 4) is 11.5 Å². The molecule has 33 heavy (non-hydrogen) atoms. The van der Waals surface area contributed by atoms with Crippen molar-refractivity contribution in [3.05, 3.63) is 77.1 Å². The number of amides is 1. The Balaban J connectivity index is 2.00. The lowest BCUT2D eigenvalue weighted by Crippen LogP contribution is -2.38. The average molecular weight is 451 g/mol. The van der Waals surface area contributed by atoms with Gasteiger partial charge in [0.2, 0.25) is 0 Å². The molecule has 1 aliphatic rings. The van der Waals surface area contributed by atoms with E-state index in [9.17, 15) is 19.8 Å². The summed E-state index contributed by atoms with van der Waals surface area (Å²) in [5, 5.41) is 20.7. The van der Waals surface area contributed by atoms with E-state index in [1.54, 1.807) is 18.2 Å². The van der Waals surface area contributed by atoms with E-state index in [-0.39, 0.29) is 17.1 Å². The van der Waals surface area contributed by atoms with Gasteiger partial charge in [-0.2, -0.15) is 0 Å². The van der Waals surface area contributed by atoms with Gasteiger partial charge in [-0.3, -0.25) is 9.59 Å². The van der Waals surface area contributed by atoms with Gasteiger partial charge in [0, 0.05) is 13.1 Å². The van der Waals surface area contributed by atoms with Gasteiger partial charge in [-0.05, 0) is 42.4 Å². The SMILES string of the molecule is CCN(CC)CCN1C(=O)C(O)=C(C(=O)/C=C/c2ccccc2)[C@H]1c1ccc(O)c(OC)c1. The van der Waals surface area contributed by atoms with Crippen molar-refractivity contribution in [1.82, 2.24) is 9.80 Å². The summed E-state index contributed by atoms with van der Waals surface area (Å²) < 4.78 is 5.23. The number of carbonyl (C=O) groups is 2. The molecule has 1 atom stereocenters. The maximum absolute atomic E-state index is 13.2. The Morgan fingerprint density at radius 2 is 1.82 bits per heavy atom. The van der Waals surface area contributed by atoms with Crippen LogP contribution in [-0.4, -0.2) is 65.0 Å². The van der Waals surface area contributed by atoms with Gasteiger partial charge in [0.05, 0.1) is 18.7 Å². The summed E-state index contributed by atoms with van der Waals surface area (Å²) in [6.07, 6.45) is 3.02. The number of ketones is 1. The van der Waals surface area contributed by atoms with Crippen molar-refractivity contribution in [2.24, 2.45) is 0 Å². The van der Waals surface area contributed by atoms with Crippen LogP contribution in [0.25, 0.3) is 6.08 Å². The van der Waals surface area contributed by atoms with Gasteiger partial charge in [0.15, 0.2) is 23.0 Å². The molecule has 2 aromatic carbocycles. The van der Waals surface area contributed by atoms with E-state index in [1.807, 2.05) is 44.2 Å². The maximum Gasteiger partial charge on any atom is 0.290 e. The fourth-order valence-electron chi connectivity index (χ4n) is 3.96. The van der Waals surface area contributed by atoms with Crippen LogP contribution in [0.4, 0.5) is 0 Å². The predicted molar refractivity (Wildman–Crippen MR) is 127 cm³/mol. The van der Waals surface area contributed by atoms with Crippen molar-refractivity contribution in [2.75, 3.05) is 33.3 Å². The third kappa shape index (κ3) is 5.26. The number of aromatic hydroxyl groups is 1. The maximum atomic E-state index is 13.2. The minimum absolute atomic E-state index is 0.0134. The lowest BCUT2D eigenvalue weighted by atomic mass is 9.95. The standard InChI is InChI=1S/C26H30N2O5/c1-4-27(5-2)15-16-28-24(19-12-14-20(29)22(17-19)33-3)23(25(31)26(28)32)21(30)13-11-18-9-7-6-8-10-18/h6-14,17,24,29,31H,4-5,15-16H2,1-3H3/b13-11+/t24-/m1/s1. The first-order valence-corrected chi connectivity index (χ1v) is 11.0. The number of phenolic OH excluding ortho intramolecular Hbond substituents is 1. The second kappa shape index (κ2) is 10.8. The predicted octanol–water partition coefficient (Wildman–Crippen LogP) is 3.72. The van der Waals surface area contributed by atoms with E-state index in [0.29, 0.717) is 18.7 Å². The Labute approximate surface area is 194 Å². The van der Waals surface area contributed by atoms with Crippen LogP contribution in [0.3, 0.4) is 0 Å². The highest BCUT2D eigenvalue weighted by Crippen LogP contribution is 2.40. The molecule has 3 rings (SSSR count). The number of ether oxygens (including phenoxy) is 1. The minimum Gasteiger partial charge on any atom is -0.504 e. The van der Waals surface area contributed by atoms with Crippen LogP contribution in [0.2, 0.25) is 0 Å². The molecule has 1 heterocycles. The van der Waals surface area contributed by atoms with Gasteiger partial charge in [0.1, 0.15) is 0 Å². The van der Waals surface area contributed by atoms with Gasteiger partial charge in [-0.1, -0.05) is 56.3 Å². The van der Waals surface area contributed by atoms with Gasteiger partial charge in [-0.25, -0.2) is 0 Å². The Bertz CT molecular complexity index is 1060. The molecule has 0 saturated heterocycles. The molecular formula is C26H30N2O5. The number of rotatable bonds is 10. The number of benzene rings is 2. The van der Waals surface area contributed by atoms with E-state index in [1.165, 1.54) is 24.2 Å². The van der Waals surface area contributed by atoms with Gasteiger partial charge in [-0.15, -0.1) is 0 Å². The third-order valence-electron chi connectivity index (χ3n) is 5.87. The fraction of sp³-hybridized carbons (Fsp3) is 0.308. The number of allylic oxidation sites excluding steroid dienone is 1. The van der Waals surface area contributed by atoms with Gasteiger partial charge >= 0.3 is 0 Å². The summed E-state index contributed by atoms with van der Waals surface area (Å²) >= 11 is 0. The molecule has 2 aromatic rings. The monoisotopic (exact) mass is 450 g/mol. The molecule has 0 bridgehead atoms. The number of nitrogens with zero attached hydrogens (tertiary/aromatic N) is 2. The number of likely N-dealkylation sites (N-methyl/N-ethyl adjacent to an activating group) is 1. The molecule has 0 spiro atoms. The summed E-state index contributed by atoms with van der Waals surface area (Å²) in [6.45, 7) is 6.65. The molecule has 1 aliphatic heterocycles. The molecular weight excluding hydrogens is 420 g/mol. The molecule has 7 heteroatoms. The van der Waals surface area contributed by atoms with Crippen LogP contribution < -0.4 is 4.74 Å². The Morgan fingerprint density at radius 1 is 1.12 bits per heavy atom. The van der Waals surface area contributed by atoms with Crippen molar-refractivity contribution < 1.29 is 24.5 Å². The van der Waals surface area contributed by atoms with Crippen molar-refractivity contribution in [1.29, 1.82) is 0 Å². The molecule has 0 aromatic heterocycles. The molecule has 0 saturated carbocycles. The third-order valence-corrected chi connectivity index (χ3v) is 5.87. The summed E-state index contributed by atoms with van der Waals surface area (Å²) in [6, 6.07) is 13.2. The van der Waals surface area contributed by atoms with Crippen LogP contribution in [0, 0.1) is 0 Å². The summed E-state index contributed by atoms with van der Waals surface area (Å²) in [5.41, 5.74) is 1.41. The minimum atomic E-state index is -0.796. The number of aliphatic hydroxyl groups is 1. The summed E-state index contributed by atoms with van der Waals surface area (Å²) in [4.78, 5) is 29.9. The first-order chi connectivity index (χ1) is 15.9. The highest BCUT2D eigenvalue weighted by atomic mass is 16.5. The zero-order chi connectivity index (χ0) is 24.0. The number of hydrogen-bond acceptors (Lipinski definition) is 6. The summed E-state index contributed by atoms with van der Waals surface area (Å²) in [7, 11) is 1.43. The van der Waals surface area contributed by atoms with Crippen molar-refractivity contribution >= 4 is 17.8 Å². The van der Waals surface area contributed by atoms with Crippen LogP contribution in [-0.2, 0) is 9.59 Å². The van der Waals surface area contributed by atoms with Crippen LogP contribution in [0.5, 0.6) is 11.5 Å². The number of hydrogen-bond donors (Lipinski definition) is 2. The number of methoxy groups -OCH3 is 1. The topological polar surface area (TPSA) is 90.3 Å². The molecule has 1 amide bonds. The zero-order valence-electron chi connectivity index (χ0n) is 19.2. The molecule has 7 nitrogen and oxygen atoms in total. The smallest absolute Gasteiger partial charge is 0.290 e. The summed E-state index contributed by atoms with van der Waals surface area (Å²) in [5.74, 6) is -1.41. The van der Waals surface area contributed by atoms with Crippen molar-refractivity contribution in [2.45, 2.75) is 19.9 Å². The van der Waals surface area contributed by atoms with E-state index < -0.39 is 23.5 Å². The van der Waals surface area contributed by atoms with Crippen LogP contribution in [0.1, 0.15) is 31.0 Å². The van der Waals surface area contributed by atoms with E-state index in [2.05, 4.69) is 4.90 Å². The van der Waals surface area contributed by atoms with E-state index in [0.717, 1.165) is 18.7 Å². The Morgan fingerprint density at radius 3 is 2.45 bits per heavy atom. The number of phenols is 1. The first kappa shape index (κ1) is 24.1. The highest BCUT2D eigenvalue weighted by molar-refractivity contribution is 6.14. The van der Waals surface area contributed by atoms with E-state index in [4.69, 9.17) is 4.74 Å². The lowest BCUT2D eigenvalue weighted by Gasteiger charge is -2.29. The number of carbonyl (C=O) groups excluding carboxylic acids is 2. The Kier molecular flexibility index (Phi) is 7.90. The lowest BCUT2D eigenvalue weighted by molar-refractivity contribution is -0.129.